The second-order valence-corrected chi connectivity index (χ2v) is 7.78. The number of hydrogen-bond donors (Lipinski definition) is 1. The van der Waals surface area contributed by atoms with Crippen LogP contribution in [0.4, 0.5) is 0 Å². The number of amides is 1. The summed E-state index contributed by atoms with van der Waals surface area (Å²) in [6.07, 6.45) is 4.33. The van der Waals surface area contributed by atoms with Gasteiger partial charge in [0.15, 0.2) is 6.61 Å². The van der Waals surface area contributed by atoms with E-state index in [4.69, 9.17) is 4.74 Å². The number of hydrogen-bond acceptors (Lipinski definition) is 4. The largest absolute Gasteiger partial charge is 0.451 e. The Morgan fingerprint density at radius 3 is 2.63 bits per heavy atom. The summed E-state index contributed by atoms with van der Waals surface area (Å²) in [6, 6.07) is 17.5. The molecule has 5 nitrogen and oxygen atoms in total. The highest BCUT2D eigenvalue weighted by Crippen LogP contribution is 2.29. The van der Waals surface area contributed by atoms with Gasteiger partial charge in [0, 0.05) is 0 Å². The summed E-state index contributed by atoms with van der Waals surface area (Å²) < 4.78 is 5.08. The molecule has 0 fully saturated rings. The van der Waals surface area contributed by atoms with Gasteiger partial charge in [0.2, 0.25) is 0 Å². The molecule has 3 rings (SSSR count). The predicted molar refractivity (Wildman–Crippen MR) is 115 cm³/mol. The van der Waals surface area contributed by atoms with Crippen molar-refractivity contribution in [1.29, 1.82) is 5.26 Å². The fourth-order valence-electron chi connectivity index (χ4n) is 3.63. The van der Waals surface area contributed by atoms with E-state index in [1.807, 2.05) is 48.5 Å². The molecule has 0 heterocycles. The second kappa shape index (κ2) is 9.89. The van der Waals surface area contributed by atoms with Gasteiger partial charge in [-0.05, 0) is 53.5 Å². The van der Waals surface area contributed by atoms with Crippen molar-refractivity contribution in [3.8, 4) is 6.07 Å². The SMILES string of the molecule is CC(C)c1ccc(/C=C(\C#N)C(=O)OCC(=O)N[C@H]2CCCc3ccccc32)cc1. The van der Waals surface area contributed by atoms with Gasteiger partial charge in [-0.15, -0.1) is 0 Å². The highest BCUT2D eigenvalue weighted by molar-refractivity contribution is 5.98. The van der Waals surface area contributed by atoms with Crippen LogP contribution in [-0.2, 0) is 20.7 Å². The molecule has 0 unspecified atom stereocenters. The molecule has 0 aromatic heterocycles. The zero-order valence-corrected chi connectivity index (χ0v) is 17.4. The first-order chi connectivity index (χ1) is 14.5. The second-order valence-electron chi connectivity index (χ2n) is 7.78. The molecular weight excluding hydrogens is 376 g/mol. The van der Waals surface area contributed by atoms with Crippen LogP contribution >= 0.6 is 0 Å². The summed E-state index contributed by atoms with van der Waals surface area (Å²) in [5.74, 6) is -0.772. The zero-order valence-electron chi connectivity index (χ0n) is 17.4. The van der Waals surface area contributed by atoms with Crippen molar-refractivity contribution in [2.75, 3.05) is 6.61 Å². The van der Waals surface area contributed by atoms with Crippen LogP contribution in [0.3, 0.4) is 0 Å². The standard InChI is InChI=1S/C25H26N2O3/c1-17(2)19-12-10-18(11-13-19)14-21(15-26)25(29)30-16-24(28)27-23-9-5-7-20-6-3-4-8-22(20)23/h3-4,6,8,10-14,17,23H,5,7,9,16H2,1-2H3,(H,27,28)/b21-14+/t23-/m0/s1. The van der Waals surface area contributed by atoms with E-state index in [9.17, 15) is 14.9 Å². The third-order valence-corrected chi connectivity index (χ3v) is 5.29. The lowest BCUT2D eigenvalue weighted by atomic mass is 9.88. The van der Waals surface area contributed by atoms with Crippen LogP contribution in [0.15, 0.2) is 54.1 Å². The van der Waals surface area contributed by atoms with Crippen LogP contribution in [0.1, 0.15) is 60.9 Å². The molecule has 0 radical (unpaired) electrons. The Hall–Kier alpha value is -3.39. The van der Waals surface area contributed by atoms with Crippen molar-refractivity contribution in [1.82, 2.24) is 5.32 Å². The number of aryl methyl sites for hydroxylation is 1. The fourth-order valence-corrected chi connectivity index (χ4v) is 3.63. The molecule has 0 saturated carbocycles. The van der Waals surface area contributed by atoms with Gasteiger partial charge >= 0.3 is 5.97 Å². The van der Waals surface area contributed by atoms with E-state index >= 15 is 0 Å². The molecule has 30 heavy (non-hydrogen) atoms. The number of fused-ring (bicyclic) bond motifs is 1. The topological polar surface area (TPSA) is 79.2 Å². The average molecular weight is 402 g/mol. The van der Waals surface area contributed by atoms with Crippen molar-refractivity contribution >= 4 is 18.0 Å². The Balaban J connectivity index is 1.57. The minimum Gasteiger partial charge on any atom is -0.451 e. The summed E-state index contributed by atoms with van der Waals surface area (Å²) in [7, 11) is 0. The van der Waals surface area contributed by atoms with E-state index in [-0.39, 0.29) is 17.5 Å². The smallest absolute Gasteiger partial charge is 0.349 e. The first-order valence-electron chi connectivity index (χ1n) is 10.2. The summed E-state index contributed by atoms with van der Waals surface area (Å²) in [5, 5.41) is 12.3. The third-order valence-electron chi connectivity index (χ3n) is 5.29. The minimum absolute atomic E-state index is 0.0772. The summed E-state index contributed by atoms with van der Waals surface area (Å²) in [5.41, 5.74) is 4.13. The molecule has 1 aliphatic carbocycles. The molecule has 1 aliphatic rings. The first-order valence-corrected chi connectivity index (χ1v) is 10.2. The lowest BCUT2D eigenvalue weighted by Gasteiger charge is -2.26. The summed E-state index contributed by atoms with van der Waals surface area (Å²) >= 11 is 0. The summed E-state index contributed by atoms with van der Waals surface area (Å²) in [6.45, 7) is 3.78. The van der Waals surface area contributed by atoms with Gasteiger partial charge in [0.05, 0.1) is 6.04 Å². The molecule has 0 aliphatic heterocycles. The lowest BCUT2D eigenvalue weighted by Crippen LogP contribution is -2.34. The molecule has 0 saturated heterocycles. The number of ether oxygens (including phenoxy) is 1. The number of carbonyl (C=O) groups excluding carboxylic acids is 2. The van der Waals surface area contributed by atoms with Crippen LogP contribution in [0.25, 0.3) is 6.08 Å². The molecule has 1 N–H and O–H groups in total. The van der Waals surface area contributed by atoms with Crippen LogP contribution < -0.4 is 5.32 Å². The molecule has 0 bridgehead atoms. The van der Waals surface area contributed by atoms with Gasteiger partial charge in [-0.25, -0.2) is 4.79 Å². The van der Waals surface area contributed by atoms with Crippen molar-refractivity contribution in [2.45, 2.75) is 45.1 Å². The van der Waals surface area contributed by atoms with E-state index in [1.54, 1.807) is 0 Å². The van der Waals surface area contributed by atoms with Gasteiger partial charge in [-0.2, -0.15) is 5.26 Å². The van der Waals surface area contributed by atoms with Crippen molar-refractivity contribution in [3.05, 3.63) is 76.4 Å². The maximum Gasteiger partial charge on any atom is 0.349 e. The van der Waals surface area contributed by atoms with Gasteiger partial charge in [-0.3, -0.25) is 4.79 Å². The number of benzene rings is 2. The Labute approximate surface area is 177 Å². The predicted octanol–water partition coefficient (Wildman–Crippen LogP) is 4.45. The van der Waals surface area contributed by atoms with E-state index in [0.29, 0.717) is 5.92 Å². The van der Waals surface area contributed by atoms with Gasteiger partial charge in [-0.1, -0.05) is 62.4 Å². The van der Waals surface area contributed by atoms with Crippen molar-refractivity contribution < 1.29 is 14.3 Å². The Bertz CT molecular complexity index is 984. The van der Waals surface area contributed by atoms with E-state index in [0.717, 1.165) is 30.4 Å². The zero-order chi connectivity index (χ0) is 21.5. The highest BCUT2D eigenvalue weighted by atomic mass is 16.5. The molecule has 5 heteroatoms. The Kier molecular flexibility index (Phi) is 7.03. The lowest BCUT2D eigenvalue weighted by molar-refractivity contribution is -0.144. The van der Waals surface area contributed by atoms with Gasteiger partial charge in [0.25, 0.3) is 5.91 Å². The number of nitrogens with zero attached hydrogens (tertiary/aromatic N) is 1. The minimum atomic E-state index is -0.801. The average Bonchev–Trinajstić information content (AvgIpc) is 2.76. The van der Waals surface area contributed by atoms with Crippen molar-refractivity contribution in [3.63, 3.8) is 0 Å². The van der Waals surface area contributed by atoms with Gasteiger partial charge < -0.3 is 10.1 Å². The molecule has 0 spiro atoms. The Morgan fingerprint density at radius 1 is 1.20 bits per heavy atom. The molecular formula is C25H26N2O3. The monoisotopic (exact) mass is 402 g/mol. The van der Waals surface area contributed by atoms with Crippen LogP contribution in [-0.4, -0.2) is 18.5 Å². The molecule has 1 amide bonds. The molecule has 154 valence electrons. The Morgan fingerprint density at radius 2 is 1.93 bits per heavy atom. The van der Waals surface area contributed by atoms with Crippen LogP contribution in [0, 0.1) is 11.3 Å². The van der Waals surface area contributed by atoms with Crippen molar-refractivity contribution in [2.24, 2.45) is 0 Å². The number of carbonyl (C=O) groups is 2. The van der Waals surface area contributed by atoms with Crippen LogP contribution in [0.2, 0.25) is 0 Å². The van der Waals surface area contributed by atoms with Crippen LogP contribution in [0.5, 0.6) is 0 Å². The third kappa shape index (κ3) is 5.36. The maximum atomic E-state index is 12.3. The number of esters is 1. The number of nitriles is 1. The summed E-state index contributed by atoms with van der Waals surface area (Å²) in [4.78, 5) is 24.6. The first kappa shape index (κ1) is 21.3. The van der Waals surface area contributed by atoms with E-state index in [1.165, 1.54) is 17.2 Å². The van der Waals surface area contributed by atoms with Gasteiger partial charge in [0.1, 0.15) is 11.6 Å². The number of rotatable bonds is 6. The highest BCUT2D eigenvalue weighted by Gasteiger charge is 2.22. The van der Waals surface area contributed by atoms with E-state index in [2.05, 4.69) is 25.2 Å². The van der Waals surface area contributed by atoms with E-state index < -0.39 is 12.6 Å². The molecule has 2 aromatic rings. The maximum absolute atomic E-state index is 12.3. The molecule has 1 atom stereocenters. The number of nitrogens with one attached hydrogen (secondary N) is 1. The normalized spacial score (nSPS) is 15.8. The fraction of sp³-hybridized carbons (Fsp3) is 0.320. The quantitative estimate of drug-likeness (QED) is 0.440. The molecule has 2 aromatic carbocycles.